The molecule has 0 unspecified atom stereocenters. The van der Waals surface area contributed by atoms with Crippen LogP contribution in [-0.4, -0.2) is 34.4 Å². The summed E-state index contributed by atoms with van der Waals surface area (Å²) >= 11 is 5.58. The van der Waals surface area contributed by atoms with E-state index in [9.17, 15) is 4.79 Å². The molecule has 0 fully saturated rings. The first-order valence-corrected chi connectivity index (χ1v) is 5.26. The molecule has 0 saturated carbocycles. The van der Waals surface area contributed by atoms with E-state index in [0.29, 0.717) is 10.8 Å². The summed E-state index contributed by atoms with van der Waals surface area (Å²) in [5.74, 6) is -0.118. The van der Waals surface area contributed by atoms with Crippen LogP contribution in [0.25, 0.3) is 0 Å². The van der Waals surface area contributed by atoms with Gasteiger partial charge in [0.1, 0.15) is 10.8 Å². The lowest BCUT2D eigenvalue weighted by atomic mass is 10.3. The lowest BCUT2D eigenvalue weighted by molar-refractivity contribution is 0.0787. The summed E-state index contributed by atoms with van der Waals surface area (Å²) in [5.41, 5.74) is 0.331. The third-order valence-electron chi connectivity index (χ3n) is 2.03. The minimum absolute atomic E-state index is 0.118. The first kappa shape index (κ1) is 11.9. The summed E-state index contributed by atoms with van der Waals surface area (Å²) in [6.07, 6.45) is 4.82. The number of halogens is 1. The summed E-state index contributed by atoms with van der Waals surface area (Å²) in [6.45, 7) is 2.82. The van der Waals surface area contributed by atoms with E-state index < -0.39 is 0 Å². The number of nitrogens with zero attached hydrogens (tertiary/aromatic N) is 3. The summed E-state index contributed by atoms with van der Waals surface area (Å²) in [4.78, 5) is 21.1. The molecular formula is C10H14ClN3O. The number of rotatable bonds is 4. The number of aromatic nitrogens is 2. The van der Waals surface area contributed by atoms with Gasteiger partial charge in [0.25, 0.3) is 5.91 Å². The quantitative estimate of drug-likeness (QED) is 0.791. The second-order valence-electron chi connectivity index (χ2n) is 3.30. The first-order valence-electron chi connectivity index (χ1n) is 4.88. The molecule has 5 heteroatoms. The van der Waals surface area contributed by atoms with Crippen molar-refractivity contribution in [1.29, 1.82) is 0 Å². The van der Waals surface area contributed by atoms with Gasteiger partial charge in [-0.15, -0.1) is 0 Å². The highest BCUT2D eigenvalue weighted by Crippen LogP contribution is 2.04. The van der Waals surface area contributed by atoms with Crippen molar-refractivity contribution in [3.8, 4) is 0 Å². The number of carbonyl (C=O) groups is 1. The van der Waals surface area contributed by atoms with Crippen molar-refractivity contribution in [2.24, 2.45) is 0 Å². The highest BCUT2D eigenvalue weighted by molar-refractivity contribution is 6.29. The van der Waals surface area contributed by atoms with Crippen LogP contribution < -0.4 is 0 Å². The monoisotopic (exact) mass is 227 g/mol. The molecule has 82 valence electrons. The summed E-state index contributed by atoms with van der Waals surface area (Å²) < 4.78 is 0. The Balaban J connectivity index is 2.63. The summed E-state index contributed by atoms with van der Waals surface area (Å²) in [5, 5.41) is 0.294. The fourth-order valence-electron chi connectivity index (χ4n) is 1.12. The molecule has 0 N–H and O–H groups in total. The van der Waals surface area contributed by atoms with Crippen molar-refractivity contribution < 1.29 is 4.79 Å². The third-order valence-corrected chi connectivity index (χ3v) is 2.23. The molecule has 1 aromatic heterocycles. The molecule has 1 amide bonds. The highest BCUT2D eigenvalue weighted by atomic mass is 35.5. The molecule has 0 spiro atoms. The zero-order valence-electron chi connectivity index (χ0n) is 8.90. The van der Waals surface area contributed by atoms with Gasteiger partial charge in [0.05, 0.1) is 12.4 Å². The molecular weight excluding hydrogens is 214 g/mol. The van der Waals surface area contributed by atoms with Gasteiger partial charge in [-0.05, 0) is 6.42 Å². The van der Waals surface area contributed by atoms with E-state index in [1.807, 2.05) is 0 Å². The van der Waals surface area contributed by atoms with E-state index in [1.165, 1.54) is 12.4 Å². The van der Waals surface area contributed by atoms with E-state index in [0.717, 1.165) is 19.4 Å². The van der Waals surface area contributed by atoms with Crippen molar-refractivity contribution in [3.63, 3.8) is 0 Å². The average molecular weight is 228 g/mol. The minimum Gasteiger partial charge on any atom is -0.340 e. The van der Waals surface area contributed by atoms with Gasteiger partial charge in [0.15, 0.2) is 0 Å². The molecule has 4 nitrogen and oxygen atoms in total. The van der Waals surface area contributed by atoms with Gasteiger partial charge < -0.3 is 4.90 Å². The molecule has 1 rings (SSSR count). The van der Waals surface area contributed by atoms with Crippen molar-refractivity contribution >= 4 is 17.5 Å². The van der Waals surface area contributed by atoms with Crippen LogP contribution in [0.5, 0.6) is 0 Å². The lowest BCUT2D eigenvalue weighted by Crippen LogP contribution is -2.28. The molecule has 0 atom stereocenters. The zero-order valence-corrected chi connectivity index (χ0v) is 9.66. The second kappa shape index (κ2) is 5.66. The third kappa shape index (κ3) is 3.47. The topological polar surface area (TPSA) is 46.1 Å². The summed E-state index contributed by atoms with van der Waals surface area (Å²) in [6, 6.07) is 0. The molecule has 0 aromatic carbocycles. The molecule has 1 aromatic rings. The minimum atomic E-state index is -0.118. The molecule has 0 aliphatic rings. The van der Waals surface area contributed by atoms with Crippen molar-refractivity contribution in [2.75, 3.05) is 13.6 Å². The van der Waals surface area contributed by atoms with E-state index >= 15 is 0 Å². The van der Waals surface area contributed by atoms with Crippen LogP contribution in [0.2, 0.25) is 5.15 Å². The normalized spacial score (nSPS) is 10.1. The number of hydrogen-bond acceptors (Lipinski definition) is 3. The fraction of sp³-hybridized carbons (Fsp3) is 0.500. The van der Waals surface area contributed by atoms with Crippen LogP contribution in [0.3, 0.4) is 0 Å². The zero-order chi connectivity index (χ0) is 11.3. The second-order valence-corrected chi connectivity index (χ2v) is 3.69. The van der Waals surface area contributed by atoms with Crippen LogP contribution in [0.4, 0.5) is 0 Å². The van der Waals surface area contributed by atoms with Crippen LogP contribution in [0, 0.1) is 0 Å². The SMILES string of the molecule is CCCCN(C)C(=O)c1cnc(Cl)cn1. The predicted molar refractivity (Wildman–Crippen MR) is 58.9 cm³/mol. The molecule has 0 aliphatic heterocycles. The van der Waals surface area contributed by atoms with Gasteiger partial charge in [-0.2, -0.15) is 0 Å². The Hall–Kier alpha value is -1.16. The molecule has 0 aliphatic carbocycles. The largest absolute Gasteiger partial charge is 0.340 e. The number of carbonyl (C=O) groups excluding carboxylic acids is 1. The van der Waals surface area contributed by atoms with Crippen molar-refractivity contribution in [2.45, 2.75) is 19.8 Å². The van der Waals surface area contributed by atoms with E-state index in [-0.39, 0.29) is 5.91 Å². The molecule has 1 heterocycles. The van der Waals surface area contributed by atoms with E-state index in [4.69, 9.17) is 11.6 Å². The Labute approximate surface area is 94.3 Å². The highest BCUT2D eigenvalue weighted by Gasteiger charge is 2.12. The van der Waals surface area contributed by atoms with Gasteiger partial charge in [-0.3, -0.25) is 4.79 Å². The van der Waals surface area contributed by atoms with Crippen LogP contribution in [0.1, 0.15) is 30.3 Å². The number of hydrogen-bond donors (Lipinski definition) is 0. The van der Waals surface area contributed by atoms with Crippen LogP contribution >= 0.6 is 11.6 Å². The smallest absolute Gasteiger partial charge is 0.273 e. The lowest BCUT2D eigenvalue weighted by Gasteiger charge is -2.15. The van der Waals surface area contributed by atoms with Crippen molar-refractivity contribution in [1.82, 2.24) is 14.9 Å². The number of unbranched alkanes of at least 4 members (excludes halogenated alkanes) is 1. The molecule has 0 saturated heterocycles. The van der Waals surface area contributed by atoms with Gasteiger partial charge in [0, 0.05) is 13.6 Å². The van der Waals surface area contributed by atoms with E-state index in [2.05, 4.69) is 16.9 Å². The van der Waals surface area contributed by atoms with Crippen LogP contribution in [0.15, 0.2) is 12.4 Å². The van der Waals surface area contributed by atoms with Crippen molar-refractivity contribution in [3.05, 3.63) is 23.2 Å². The fourth-order valence-corrected chi connectivity index (χ4v) is 1.21. The maximum Gasteiger partial charge on any atom is 0.273 e. The van der Waals surface area contributed by atoms with Crippen LogP contribution in [-0.2, 0) is 0 Å². The predicted octanol–water partition coefficient (Wildman–Crippen LogP) is 2.00. The Morgan fingerprint density at radius 2 is 2.20 bits per heavy atom. The Bertz CT molecular complexity index is 326. The standard InChI is InChI=1S/C10H14ClN3O/c1-3-4-5-14(2)10(15)8-6-13-9(11)7-12-8/h6-7H,3-5H2,1-2H3. The Kier molecular flexibility index (Phi) is 4.49. The maximum absolute atomic E-state index is 11.7. The average Bonchev–Trinajstić information content (AvgIpc) is 2.26. The summed E-state index contributed by atoms with van der Waals surface area (Å²) in [7, 11) is 1.76. The molecule has 15 heavy (non-hydrogen) atoms. The Morgan fingerprint density at radius 3 is 2.73 bits per heavy atom. The maximum atomic E-state index is 11.7. The van der Waals surface area contributed by atoms with E-state index in [1.54, 1.807) is 11.9 Å². The number of amides is 1. The van der Waals surface area contributed by atoms with Gasteiger partial charge in [-0.25, -0.2) is 9.97 Å². The van der Waals surface area contributed by atoms with Gasteiger partial charge >= 0.3 is 0 Å². The first-order chi connectivity index (χ1) is 7.15. The Morgan fingerprint density at radius 1 is 1.47 bits per heavy atom. The molecule has 0 radical (unpaired) electrons. The van der Waals surface area contributed by atoms with Gasteiger partial charge in [-0.1, -0.05) is 24.9 Å². The molecule has 0 bridgehead atoms. The van der Waals surface area contributed by atoms with Gasteiger partial charge in [0.2, 0.25) is 0 Å².